The van der Waals surface area contributed by atoms with E-state index in [1.807, 2.05) is 32.6 Å². The lowest BCUT2D eigenvalue weighted by atomic mass is 9.92. The van der Waals surface area contributed by atoms with Gasteiger partial charge < -0.3 is 15.5 Å². The molecule has 0 bridgehead atoms. The van der Waals surface area contributed by atoms with Crippen LogP contribution >= 0.6 is 11.6 Å². The van der Waals surface area contributed by atoms with Gasteiger partial charge in [0.15, 0.2) is 0 Å². The van der Waals surface area contributed by atoms with Gasteiger partial charge in [0.2, 0.25) is 5.91 Å². The SMILES string of the molecule is CC1NCCN(C(=O)c2cc(NC(=O)CC(C)(C)C)ccc2Cl)C1C. The van der Waals surface area contributed by atoms with Crippen molar-refractivity contribution in [2.45, 2.75) is 53.1 Å². The van der Waals surface area contributed by atoms with Crippen LogP contribution in [0.1, 0.15) is 51.4 Å². The molecule has 2 amide bonds. The zero-order valence-corrected chi connectivity index (χ0v) is 16.4. The quantitative estimate of drug-likeness (QED) is 0.861. The van der Waals surface area contributed by atoms with Crippen LogP contribution in [-0.4, -0.2) is 41.9 Å². The molecule has 1 aliphatic heterocycles. The molecule has 5 nitrogen and oxygen atoms in total. The summed E-state index contributed by atoms with van der Waals surface area (Å²) in [4.78, 5) is 26.9. The second kappa shape index (κ2) is 7.75. The van der Waals surface area contributed by atoms with Crippen LogP contribution in [0.4, 0.5) is 5.69 Å². The largest absolute Gasteiger partial charge is 0.333 e. The van der Waals surface area contributed by atoms with E-state index in [2.05, 4.69) is 17.6 Å². The van der Waals surface area contributed by atoms with Gasteiger partial charge in [-0.1, -0.05) is 32.4 Å². The number of carbonyl (C=O) groups is 2. The Labute approximate surface area is 155 Å². The Morgan fingerprint density at radius 3 is 2.64 bits per heavy atom. The number of amides is 2. The number of benzene rings is 1. The molecule has 0 spiro atoms. The smallest absolute Gasteiger partial charge is 0.255 e. The Morgan fingerprint density at radius 1 is 1.32 bits per heavy atom. The summed E-state index contributed by atoms with van der Waals surface area (Å²) in [6, 6.07) is 5.37. The normalized spacial score (nSPS) is 21.1. The van der Waals surface area contributed by atoms with E-state index in [-0.39, 0.29) is 29.3 Å². The third-order valence-electron chi connectivity index (χ3n) is 4.47. The van der Waals surface area contributed by atoms with E-state index < -0.39 is 0 Å². The minimum atomic E-state index is -0.0993. The highest BCUT2D eigenvalue weighted by Gasteiger charge is 2.30. The lowest BCUT2D eigenvalue weighted by Crippen LogP contribution is -2.57. The van der Waals surface area contributed by atoms with Crippen molar-refractivity contribution in [2.24, 2.45) is 5.41 Å². The Balaban J connectivity index is 2.18. The monoisotopic (exact) mass is 365 g/mol. The average molecular weight is 366 g/mol. The Kier molecular flexibility index (Phi) is 6.12. The molecule has 6 heteroatoms. The third-order valence-corrected chi connectivity index (χ3v) is 4.80. The van der Waals surface area contributed by atoms with Crippen molar-refractivity contribution in [1.82, 2.24) is 10.2 Å². The molecule has 2 atom stereocenters. The topological polar surface area (TPSA) is 61.4 Å². The molecule has 1 saturated heterocycles. The summed E-state index contributed by atoms with van der Waals surface area (Å²) < 4.78 is 0. The first-order valence-electron chi connectivity index (χ1n) is 8.72. The predicted octanol–water partition coefficient (Wildman–Crippen LogP) is 3.54. The Bertz CT molecular complexity index is 655. The first-order valence-corrected chi connectivity index (χ1v) is 9.10. The fourth-order valence-electron chi connectivity index (χ4n) is 2.95. The van der Waals surface area contributed by atoms with Crippen LogP contribution in [0.15, 0.2) is 18.2 Å². The first kappa shape index (κ1) is 19.7. The van der Waals surface area contributed by atoms with Crippen LogP contribution in [0.2, 0.25) is 5.02 Å². The molecule has 2 unspecified atom stereocenters. The van der Waals surface area contributed by atoms with E-state index in [9.17, 15) is 9.59 Å². The molecule has 1 aromatic rings. The summed E-state index contributed by atoms with van der Waals surface area (Å²) >= 11 is 6.26. The van der Waals surface area contributed by atoms with E-state index in [0.29, 0.717) is 29.2 Å². The van der Waals surface area contributed by atoms with Gasteiger partial charge >= 0.3 is 0 Å². The van der Waals surface area contributed by atoms with Gasteiger partial charge in [-0.15, -0.1) is 0 Å². The number of halogens is 1. The van der Waals surface area contributed by atoms with E-state index in [1.165, 1.54) is 0 Å². The highest BCUT2D eigenvalue weighted by atomic mass is 35.5. The van der Waals surface area contributed by atoms with Crippen molar-refractivity contribution in [1.29, 1.82) is 0 Å². The lowest BCUT2D eigenvalue weighted by Gasteiger charge is -2.38. The molecule has 1 aliphatic rings. The van der Waals surface area contributed by atoms with Gasteiger partial charge in [0, 0.05) is 37.3 Å². The zero-order chi connectivity index (χ0) is 18.8. The molecule has 0 aromatic heterocycles. The molecule has 138 valence electrons. The maximum absolute atomic E-state index is 12.9. The summed E-state index contributed by atoms with van der Waals surface area (Å²) in [5.74, 6) is -0.171. The second-order valence-corrected chi connectivity index (χ2v) is 8.37. The van der Waals surface area contributed by atoms with Gasteiger partial charge in [-0.05, 0) is 37.5 Å². The molecule has 0 radical (unpaired) electrons. The maximum Gasteiger partial charge on any atom is 0.255 e. The molecule has 1 fully saturated rings. The molecule has 25 heavy (non-hydrogen) atoms. The summed E-state index contributed by atoms with van der Waals surface area (Å²) in [6.07, 6.45) is 0.408. The second-order valence-electron chi connectivity index (χ2n) is 7.96. The van der Waals surface area contributed by atoms with Crippen molar-refractivity contribution >= 4 is 29.1 Å². The molecular weight excluding hydrogens is 338 g/mol. The molecule has 2 N–H and O–H groups in total. The fourth-order valence-corrected chi connectivity index (χ4v) is 3.15. The maximum atomic E-state index is 12.9. The summed E-state index contributed by atoms with van der Waals surface area (Å²) in [7, 11) is 0. The lowest BCUT2D eigenvalue weighted by molar-refractivity contribution is -0.117. The van der Waals surface area contributed by atoms with E-state index >= 15 is 0 Å². The van der Waals surface area contributed by atoms with Crippen LogP contribution in [0, 0.1) is 5.41 Å². The van der Waals surface area contributed by atoms with Crippen LogP contribution in [0.25, 0.3) is 0 Å². The number of rotatable bonds is 3. The third kappa shape index (κ3) is 5.19. The van der Waals surface area contributed by atoms with Gasteiger partial charge in [0.1, 0.15) is 0 Å². The standard InChI is InChI=1S/C19H28ClN3O2/c1-12-13(2)23(9-8-21-12)18(25)15-10-14(6-7-16(15)20)22-17(24)11-19(3,4)5/h6-7,10,12-13,21H,8-9,11H2,1-5H3,(H,22,24). The molecular formula is C19H28ClN3O2. The molecule has 0 saturated carbocycles. The van der Waals surface area contributed by atoms with Crippen molar-refractivity contribution in [3.8, 4) is 0 Å². The summed E-state index contributed by atoms with van der Waals surface area (Å²) in [5.41, 5.74) is 0.927. The number of piperazine rings is 1. The number of hydrogen-bond acceptors (Lipinski definition) is 3. The highest BCUT2D eigenvalue weighted by Crippen LogP contribution is 2.25. The number of carbonyl (C=O) groups excluding carboxylic acids is 2. The Hall–Kier alpha value is -1.59. The van der Waals surface area contributed by atoms with Crippen LogP contribution in [0.3, 0.4) is 0 Å². The molecule has 0 aliphatic carbocycles. The number of nitrogens with zero attached hydrogens (tertiary/aromatic N) is 1. The minimum absolute atomic E-state index is 0.0719. The van der Waals surface area contributed by atoms with Gasteiger partial charge in [0.25, 0.3) is 5.91 Å². The first-order chi connectivity index (χ1) is 11.6. The zero-order valence-electron chi connectivity index (χ0n) is 15.6. The van der Waals surface area contributed by atoms with Gasteiger partial charge in [-0.3, -0.25) is 9.59 Å². The summed E-state index contributed by atoms with van der Waals surface area (Å²) in [5, 5.41) is 6.62. The number of hydrogen-bond donors (Lipinski definition) is 2. The fraction of sp³-hybridized carbons (Fsp3) is 0.579. The molecule has 2 rings (SSSR count). The van der Waals surface area contributed by atoms with Crippen molar-refractivity contribution < 1.29 is 9.59 Å². The predicted molar refractivity (Wildman–Crippen MR) is 102 cm³/mol. The van der Waals surface area contributed by atoms with Crippen LogP contribution in [0.5, 0.6) is 0 Å². The van der Waals surface area contributed by atoms with Crippen LogP contribution < -0.4 is 10.6 Å². The minimum Gasteiger partial charge on any atom is -0.333 e. The van der Waals surface area contributed by atoms with E-state index in [1.54, 1.807) is 18.2 Å². The molecule has 1 aromatic carbocycles. The van der Waals surface area contributed by atoms with E-state index in [4.69, 9.17) is 11.6 Å². The van der Waals surface area contributed by atoms with Crippen molar-refractivity contribution in [2.75, 3.05) is 18.4 Å². The van der Waals surface area contributed by atoms with E-state index in [0.717, 1.165) is 6.54 Å². The van der Waals surface area contributed by atoms with Crippen LogP contribution in [-0.2, 0) is 4.79 Å². The van der Waals surface area contributed by atoms with Gasteiger partial charge in [-0.2, -0.15) is 0 Å². The molecule has 1 heterocycles. The average Bonchev–Trinajstić information content (AvgIpc) is 2.49. The summed E-state index contributed by atoms with van der Waals surface area (Å²) in [6.45, 7) is 11.5. The highest BCUT2D eigenvalue weighted by molar-refractivity contribution is 6.34. The van der Waals surface area contributed by atoms with Gasteiger partial charge in [0.05, 0.1) is 10.6 Å². The number of nitrogens with one attached hydrogen (secondary N) is 2. The number of anilines is 1. The van der Waals surface area contributed by atoms with Crippen molar-refractivity contribution in [3.63, 3.8) is 0 Å². The Morgan fingerprint density at radius 2 is 2.00 bits per heavy atom. The van der Waals surface area contributed by atoms with Crippen molar-refractivity contribution in [3.05, 3.63) is 28.8 Å². The van der Waals surface area contributed by atoms with Gasteiger partial charge in [-0.25, -0.2) is 0 Å².